The molecule has 0 aliphatic rings. The second-order valence-corrected chi connectivity index (χ2v) is 3.95. The number of amides is 1. The number of nitriles is 1. The number of likely N-dealkylation sites (N-methyl/N-ethyl adjacent to an activating group) is 1. The van der Waals surface area contributed by atoms with Gasteiger partial charge in [-0.3, -0.25) is 14.9 Å². The van der Waals surface area contributed by atoms with E-state index in [-0.39, 0.29) is 0 Å². The number of aliphatic hydroxyl groups excluding tert-OH is 1. The summed E-state index contributed by atoms with van der Waals surface area (Å²) in [5, 5.41) is 29.6. The van der Waals surface area contributed by atoms with Gasteiger partial charge in [-0.1, -0.05) is 0 Å². The van der Waals surface area contributed by atoms with Crippen LogP contribution in [-0.4, -0.2) is 34.9 Å². The molecular formula is C12H10FN3O4. The van der Waals surface area contributed by atoms with E-state index < -0.39 is 39.2 Å². The Hall–Kier alpha value is -2.95. The van der Waals surface area contributed by atoms with Crippen molar-refractivity contribution in [3.63, 3.8) is 0 Å². The second kappa shape index (κ2) is 5.79. The highest BCUT2D eigenvalue weighted by Crippen LogP contribution is 2.27. The number of aliphatic hydroxyl groups is 1. The summed E-state index contributed by atoms with van der Waals surface area (Å²) in [4.78, 5) is 22.6. The third-order valence-corrected chi connectivity index (χ3v) is 2.38. The van der Waals surface area contributed by atoms with Gasteiger partial charge in [0.15, 0.2) is 11.3 Å². The summed E-state index contributed by atoms with van der Waals surface area (Å²) in [7, 11) is 2.71. The summed E-state index contributed by atoms with van der Waals surface area (Å²) in [5.41, 5.74) is -1.80. The highest BCUT2D eigenvalue weighted by atomic mass is 19.1. The van der Waals surface area contributed by atoms with Crippen LogP contribution in [0.1, 0.15) is 5.56 Å². The highest BCUT2D eigenvalue weighted by Gasteiger charge is 2.24. The summed E-state index contributed by atoms with van der Waals surface area (Å²) in [5.74, 6) is -2.55. The van der Waals surface area contributed by atoms with E-state index in [9.17, 15) is 24.4 Å². The zero-order chi connectivity index (χ0) is 15.4. The minimum absolute atomic E-state index is 0.400. The van der Waals surface area contributed by atoms with Crippen LogP contribution < -0.4 is 0 Å². The first-order valence-electron chi connectivity index (χ1n) is 5.29. The molecule has 7 nitrogen and oxygen atoms in total. The minimum Gasteiger partial charge on any atom is -0.505 e. The van der Waals surface area contributed by atoms with Gasteiger partial charge >= 0.3 is 0 Å². The largest absolute Gasteiger partial charge is 0.505 e. The molecule has 1 amide bonds. The average molecular weight is 279 g/mol. The molecule has 0 fully saturated rings. The van der Waals surface area contributed by atoms with Gasteiger partial charge in [0.25, 0.3) is 11.6 Å². The topological polar surface area (TPSA) is 107 Å². The zero-order valence-corrected chi connectivity index (χ0v) is 10.6. The van der Waals surface area contributed by atoms with Gasteiger partial charge in [-0.25, -0.2) is 4.39 Å². The number of hydrogen-bond acceptors (Lipinski definition) is 5. The Morgan fingerprint density at radius 3 is 2.55 bits per heavy atom. The van der Waals surface area contributed by atoms with Crippen LogP contribution in [0.15, 0.2) is 23.8 Å². The molecule has 1 N–H and O–H groups in total. The lowest BCUT2D eigenvalue weighted by Crippen LogP contribution is -2.24. The molecule has 1 rings (SSSR count). The van der Waals surface area contributed by atoms with Crippen LogP contribution in [-0.2, 0) is 4.79 Å². The van der Waals surface area contributed by atoms with Crippen LogP contribution >= 0.6 is 0 Å². The molecule has 1 aromatic rings. The molecule has 0 aliphatic carbocycles. The number of rotatable bonds is 3. The first-order chi connectivity index (χ1) is 9.29. The quantitative estimate of drug-likeness (QED) is 0.297. The van der Waals surface area contributed by atoms with Crippen molar-refractivity contribution in [2.75, 3.05) is 14.1 Å². The van der Waals surface area contributed by atoms with Crippen molar-refractivity contribution in [2.24, 2.45) is 0 Å². The highest BCUT2D eigenvalue weighted by molar-refractivity contribution is 6.03. The molecule has 0 aliphatic heterocycles. The molecule has 0 saturated heterocycles. The summed E-state index contributed by atoms with van der Waals surface area (Å²) in [6, 6.07) is 3.90. The maximum Gasteiger partial charge on any atom is 0.283 e. The van der Waals surface area contributed by atoms with Crippen molar-refractivity contribution in [3.8, 4) is 6.07 Å². The monoisotopic (exact) mass is 279 g/mol. The van der Waals surface area contributed by atoms with E-state index in [0.717, 1.165) is 17.0 Å². The lowest BCUT2D eigenvalue weighted by Gasteiger charge is -2.10. The molecule has 0 unspecified atom stereocenters. The molecular weight excluding hydrogens is 269 g/mol. The lowest BCUT2D eigenvalue weighted by atomic mass is 10.1. The minimum atomic E-state index is -0.913. The van der Waals surface area contributed by atoms with Gasteiger partial charge in [0.05, 0.1) is 16.6 Å². The zero-order valence-electron chi connectivity index (χ0n) is 10.6. The van der Waals surface area contributed by atoms with E-state index in [2.05, 4.69) is 0 Å². The van der Waals surface area contributed by atoms with Crippen LogP contribution in [0.5, 0.6) is 0 Å². The fraction of sp³-hybridized carbons (Fsp3) is 0.167. The van der Waals surface area contributed by atoms with E-state index in [0.29, 0.717) is 6.07 Å². The van der Waals surface area contributed by atoms with Crippen molar-refractivity contribution < 1.29 is 19.2 Å². The number of nitro groups is 1. The number of carbonyl (C=O) groups excluding carboxylic acids is 1. The van der Waals surface area contributed by atoms with Crippen molar-refractivity contribution in [1.29, 1.82) is 5.26 Å². The third kappa shape index (κ3) is 2.89. The first-order valence-corrected chi connectivity index (χ1v) is 5.29. The molecule has 0 atom stereocenters. The lowest BCUT2D eigenvalue weighted by molar-refractivity contribution is -0.385. The summed E-state index contributed by atoms with van der Waals surface area (Å²) in [6.45, 7) is 0. The average Bonchev–Trinajstić information content (AvgIpc) is 2.38. The van der Waals surface area contributed by atoms with Gasteiger partial charge in [-0.05, 0) is 12.1 Å². The van der Waals surface area contributed by atoms with Crippen molar-refractivity contribution >= 4 is 17.4 Å². The first kappa shape index (κ1) is 15.1. The maximum atomic E-state index is 13.0. The van der Waals surface area contributed by atoms with Gasteiger partial charge in [-0.15, -0.1) is 0 Å². The van der Waals surface area contributed by atoms with Crippen LogP contribution in [0.3, 0.4) is 0 Å². The Morgan fingerprint density at radius 2 is 2.10 bits per heavy atom. The Kier molecular flexibility index (Phi) is 4.38. The molecule has 0 bridgehead atoms. The van der Waals surface area contributed by atoms with E-state index in [4.69, 9.17) is 5.26 Å². The Morgan fingerprint density at radius 1 is 1.50 bits per heavy atom. The van der Waals surface area contributed by atoms with Crippen molar-refractivity contribution in [3.05, 3.63) is 45.3 Å². The fourth-order valence-corrected chi connectivity index (χ4v) is 1.42. The number of halogens is 1. The molecule has 20 heavy (non-hydrogen) atoms. The van der Waals surface area contributed by atoms with Crippen LogP contribution in [0, 0.1) is 27.3 Å². The van der Waals surface area contributed by atoms with Crippen LogP contribution in [0.2, 0.25) is 0 Å². The number of nitro benzene ring substituents is 1. The number of nitrogens with zero attached hydrogens (tertiary/aromatic N) is 3. The van der Waals surface area contributed by atoms with Gasteiger partial charge in [0.1, 0.15) is 11.9 Å². The van der Waals surface area contributed by atoms with Gasteiger partial charge in [0.2, 0.25) is 0 Å². The number of hydrogen-bond donors (Lipinski definition) is 1. The number of carbonyl (C=O) groups is 1. The predicted molar refractivity (Wildman–Crippen MR) is 66.9 cm³/mol. The van der Waals surface area contributed by atoms with Crippen molar-refractivity contribution in [1.82, 2.24) is 4.90 Å². The molecule has 8 heteroatoms. The third-order valence-electron chi connectivity index (χ3n) is 2.38. The molecule has 0 saturated carbocycles. The molecule has 0 aromatic heterocycles. The number of benzene rings is 1. The van der Waals surface area contributed by atoms with E-state index in [1.807, 2.05) is 0 Å². The normalized spacial score (nSPS) is 11.3. The Bertz CT molecular complexity index is 647. The molecule has 0 heterocycles. The van der Waals surface area contributed by atoms with Gasteiger partial charge in [0, 0.05) is 14.1 Å². The SMILES string of the molecule is CN(C)C(=O)/C(C#N)=C(\O)c1ccc(F)cc1[N+](=O)[O-]. The van der Waals surface area contributed by atoms with E-state index in [1.54, 1.807) is 0 Å². The molecule has 1 aromatic carbocycles. The van der Waals surface area contributed by atoms with Crippen LogP contribution in [0.25, 0.3) is 5.76 Å². The summed E-state index contributed by atoms with van der Waals surface area (Å²) < 4.78 is 13.0. The van der Waals surface area contributed by atoms with E-state index in [1.165, 1.54) is 20.2 Å². The maximum absolute atomic E-state index is 13.0. The smallest absolute Gasteiger partial charge is 0.283 e. The fourth-order valence-electron chi connectivity index (χ4n) is 1.42. The second-order valence-electron chi connectivity index (χ2n) is 3.95. The Labute approximate surface area is 113 Å². The summed E-state index contributed by atoms with van der Waals surface area (Å²) >= 11 is 0. The Balaban J connectivity index is 3.54. The predicted octanol–water partition coefficient (Wildman–Crippen LogP) is 1.61. The van der Waals surface area contributed by atoms with Gasteiger partial charge < -0.3 is 10.0 Å². The molecule has 0 spiro atoms. The van der Waals surface area contributed by atoms with E-state index >= 15 is 0 Å². The van der Waals surface area contributed by atoms with Crippen molar-refractivity contribution in [2.45, 2.75) is 0 Å². The molecule has 0 radical (unpaired) electrons. The van der Waals surface area contributed by atoms with Gasteiger partial charge in [-0.2, -0.15) is 5.26 Å². The molecule has 104 valence electrons. The summed E-state index contributed by atoms with van der Waals surface area (Å²) in [6.07, 6.45) is 0. The standard InChI is InChI=1S/C12H10FN3O4/c1-15(2)12(18)9(6-14)11(17)8-4-3-7(13)5-10(8)16(19)20/h3-5,17H,1-2H3/b11-9-. The van der Waals surface area contributed by atoms with Crippen LogP contribution in [0.4, 0.5) is 10.1 Å².